The van der Waals surface area contributed by atoms with Gasteiger partial charge in [0.05, 0.1) is 24.7 Å². The second-order valence-electron chi connectivity index (χ2n) is 6.80. The Morgan fingerprint density at radius 2 is 1.93 bits per heavy atom. The zero-order valence-corrected chi connectivity index (χ0v) is 15.5. The lowest BCUT2D eigenvalue weighted by atomic mass is 9.89. The largest absolute Gasteiger partial charge is 0.447 e. The highest BCUT2D eigenvalue weighted by Gasteiger charge is 2.49. The van der Waals surface area contributed by atoms with Crippen molar-refractivity contribution in [1.82, 2.24) is 4.90 Å². The lowest BCUT2D eigenvalue weighted by molar-refractivity contribution is -0.212. The van der Waals surface area contributed by atoms with Gasteiger partial charge in [0.2, 0.25) is 5.91 Å². The minimum atomic E-state index is -4.48. The maximum atomic E-state index is 14.7. The fourth-order valence-corrected chi connectivity index (χ4v) is 3.71. The quantitative estimate of drug-likeness (QED) is 0.573. The number of hydrogen-bond acceptors (Lipinski definition) is 4. The van der Waals surface area contributed by atoms with Gasteiger partial charge in [-0.3, -0.25) is 9.69 Å². The van der Waals surface area contributed by atoms with E-state index in [1.54, 1.807) is 0 Å². The molecule has 2 heterocycles. The van der Waals surface area contributed by atoms with Crippen molar-refractivity contribution in [2.45, 2.75) is 37.2 Å². The predicted octanol–water partition coefficient (Wildman–Crippen LogP) is 3.32. The van der Waals surface area contributed by atoms with Crippen LogP contribution in [0, 0.1) is 17.6 Å². The Morgan fingerprint density at radius 1 is 1.24 bits per heavy atom. The number of nitrogens with zero attached hydrogens (tertiary/aromatic N) is 1. The van der Waals surface area contributed by atoms with Gasteiger partial charge in [-0.25, -0.2) is 13.6 Å². The van der Waals surface area contributed by atoms with Crippen molar-refractivity contribution < 1.29 is 41.0 Å². The molecule has 2 saturated heterocycles. The maximum absolute atomic E-state index is 14.7. The van der Waals surface area contributed by atoms with E-state index in [2.05, 4.69) is 0 Å². The number of primary amides is 1. The molecule has 2 aliphatic heterocycles. The third kappa shape index (κ3) is 4.11. The molecule has 2 fully saturated rings. The predicted molar refractivity (Wildman–Crippen MR) is 88.8 cm³/mol. The van der Waals surface area contributed by atoms with Gasteiger partial charge in [-0.2, -0.15) is 13.2 Å². The first-order valence-corrected chi connectivity index (χ1v) is 8.96. The summed E-state index contributed by atoms with van der Waals surface area (Å²) in [4.78, 5) is 24.8. The highest BCUT2D eigenvalue weighted by molar-refractivity contribution is 6.31. The number of cyclic esters (lactones) is 1. The van der Waals surface area contributed by atoms with Gasteiger partial charge >= 0.3 is 12.3 Å². The summed E-state index contributed by atoms with van der Waals surface area (Å²) in [5.74, 6) is -4.97. The molecule has 0 aliphatic carbocycles. The average Bonchev–Trinajstić information content (AvgIpc) is 3.03. The molecule has 0 aromatic heterocycles. The summed E-state index contributed by atoms with van der Waals surface area (Å²) in [6.45, 7) is -1.13. The van der Waals surface area contributed by atoms with E-state index in [9.17, 15) is 31.5 Å². The number of halogens is 6. The molecule has 1 aromatic rings. The molecular formula is C17H16ClF5N2O4. The number of rotatable bonds is 4. The highest BCUT2D eigenvalue weighted by atomic mass is 35.5. The lowest BCUT2D eigenvalue weighted by Crippen LogP contribution is -2.50. The van der Waals surface area contributed by atoms with Crippen LogP contribution in [0.2, 0.25) is 5.02 Å². The summed E-state index contributed by atoms with van der Waals surface area (Å²) in [7, 11) is 0. The van der Waals surface area contributed by atoms with Crippen molar-refractivity contribution >= 4 is 23.6 Å². The first-order valence-electron chi connectivity index (χ1n) is 8.58. The van der Waals surface area contributed by atoms with E-state index in [0.29, 0.717) is 0 Å². The van der Waals surface area contributed by atoms with Crippen LogP contribution in [0.4, 0.5) is 26.7 Å². The summed E-state index contributed by atoms with van der Waals surface area (Å²) in [5, 5.41) is -0.861. The topological polar surface area (TPSA) is 81.9 Å². The van der Waals surface area contributed by atoms with Gasteiger partial charge in [0, 0.05) is 5.56 Å². The summed E-state index contributed by atoms with van der Waals surface area (Å²) in [6.07, 6.45) is -7.19. The molecule has 0 bridgehead atoms. The van der Waals surface area contributed by atoms with Crippen LogP contribution in [0.1, 0.15) is 24.4 Å². The summed E-state index contributed by atoms with van der Waals surface area (Å²) in [5.41, 5.74) is 4.96. The third-order valence-electron chi connectivity index (χ3n) is 5.05. The normalized spacial score (nSPS) is 26.3. The van der Waals surface area contributed by atoms with E-state index in [4.69, 9.17) is 26.8 Å². The zero-order chi connectivity index (χ0) is 21.5. The summed E-state index contributed by atoms with van der Waals surface area (Å²) < 4.78 is 77.3. The van der Waals surface area contributed by atoms with Crippen molar-refractivity contribution in [2.75, 3.05) is 13.2 Å². The number of amides is 2. The number of carbonyl (C=O) groups excluding carboxylic acids is 2. The fraction of sp³-hybridized carbons (Fsp3) is 0.529. The van der Waals surface area contributed by atoms with Crippen LogP contribution < -0.4 is 5.73 Å². The number of ether oxygens (including phenoxy) is 2. The Bertz CT molecular complexity index is 814. The van der Waals surface area contributed by atoms with Gasteiger partial charge in [0.25, 0.3) is 0 Å². The number of benzene rings is 1. The van der Waals surface area contributed by atoms with Crippen molar-refractivity contribution in [3.63, 3.8) is 0 Å². The Morgan fingerprint density at radius 3 is 2.48 bits per heavy atom. The second-order valence-corrected chi connectivity index (χ2v) is 7.18. The molecule has 0 spiro atoms. The molecule has 12 heteroatoms. The number of nitrogens with two attached hydrogens (primary N) is 1. The van der Waals surface area contributed by atoms with Crippen LogP contribution in [0.15, 0.2) is 12.1 Å². The highest BCUT2D eigenvalue weighted by Crippen LogP contribution is 2.42. The molecule has 3 rings (SSSR count). The van der Waals surface area contributed by atoms with Crippen molar-refractivity contribution in [1.29, 1.82) is 0 Å². The van der Waals surface area contributed by atoms with Gasteiger partial charge < -0.3 is 15.2 Å². The van der Waals surface area contributed by atoms with Gasteiger partial charge in [-0.05, 0) is 18.9 Å². The van der Waals surface area contributed by atoms with E-state index in [1.807, 2.05) is 0 Å². The van der Waals surface area contributed by atoms with Gasteiger partial charge in [0.15, 0.2) is 0 Å². The molecule has 0 saturated carbocycles. The Balaban J connectivity index is 2.01. The number of carbonyl (C=O) groups is 2. The number of alkyl halides is 3. The smallest absolute Gasteiger partial charge is 0.411 e. The molecule has 6 nitrogen and oxygen atoms in total. The van der Waals surface area contributed by atoms with Gasteiger partial charge in [-0.1, -0.05) is 17.7 Å². The van der Waals surface area contributed by atoms with Crippen LogP contribution in [0.3, 0.4) is 0 Å². The Kier molecular flexibility index (Phi) is 5.91. The SMILES string of the molecule is NC(=O)C1COC(=O)N1[C@H](c1ccc(F)c(Cl)c1F)[C@H]1CC[C@H](C(F)(F)F)CO1. The van der Waals surface area contributed by atoms with Crippen LogP contribution in [-0.2, 0) is 14.3 Å². The average molecular weight is 443 g/mol. The van der Waals surface area contributed by atoms with Crippen LogP contribution in [0.5, 0.6) is 0 Å². The van der Waals surface area contributed by atoms with E-state index in [1.165, 1.54) is 0 Å². The van der Waals surface area contributed by atoms with Crippen LogP contribution in [0.25, 0.3) is 0 Å². The first-order chi connectivity index (χ1) is 13.5. The van der Waals surface area contributed by atoms with Gasteiger partial charge in [-0.15, -0.1) is 0 Å². The van der Waals surface area contributed by atoms with Crippen LogP contribution >= 0.6 is 11.6 Å². The van der Waals surface area contributed by atoms with Crippen LogP contribution in [-0.4, -0.2) is 48.4 Å². The molecule has 1 aromatic carbocycles. The van der Waals surface area contributed by atoms with E-state index < -0.39 is 72.2 Å². The van der Waals surface area contributed by atoms with Crippen molar-refractivity contribution in [3.8, 4) is 0 Å². The van der Waals surface area contributed by atoms with E-state index in [-0.39, 0.29) is 18.4 Å². The van der Waals surface area contributed by atoms with E-state index >= 15 is 0 Å². The third-order valence-corrected chi connectivity index (χ3v) is 5.40. The molecule has 1 unspecified atom stereocenters. The minimum absolute atomic E-state index is 0.210. The molecule has 0 radical (unpaired) electrons. The molecule has 29 heavy (non-hydrogen) atoms. The van der Waals surface area contributed by atoms with Gasteiger partial charge in [0.1, 0.15) is 29.3 Å². The Labute approximate surface area is 166 Å². The molecule has 2 amide bonds. The summed E-state index contributed by atoms with van der Waals surface area (Å²) >= 11 is 5.62. The molecular weight excluding hydrogens is 427 g/mol. The fourth-order valence-electron chi connectivity index (χ4n) is 3.54. The lowest BCUT2D eigenvalue weighted by Gasteiger charge is -2.39. The second kappa shape index (κ2) is 7.94. The number of hydrogen-bond donors (Lipinski definition) is 1. The molecule has 4 atom stereocenters. The molecule has 160 valence electrons. The van der Waals surface area contributed by atoms with Crippen molar-refractivity contribution in [2.24, 2.45) is 11.7 Å². The molecule has 2 aliphatic rings. The molecule has 2 N–H and O–H groups in total. The minimum Gasteiger partial charge on any atom is -0.447 e. The standard InChI is InChI=1S/C17H16ClF5N2O4/c18-12-9(19)3-2-8(13(12)20)14(25-10(15(24)26)6-29-16(25)27)11-4-1-7(5-28-11)17(21,22)23/h2-3,7,10-11,14H,1,4-6H2,(H2,24,26)/t7-,10?,11+,14+/m0/s1. The Hall–Kier alpha value is -2.14. The first kappa shape index (κ1) is 21.6. The monoisotopic (exact) mass is 442 g/mol. The summed E-state index contributed by atoms with van der Waals surface area (Å²) in [6, 6.07) is -0.866. The van der Waals surface area contributed by atoms with Crippen molar-refractivity contribution in [3.05, 3.63) is 34.4 Å². The van der Waals surface area contributed by atoms with E-state index in [0.717, 1.165) is 17.0 Å². The maximum Gasteiger partial charge on any atom is 0.411 e. The zero-order valence-electron chi connectivity index (χ0n) is 14.7.